The van der Waals surface area contributed by atoms with Gasteiger partial charge in [-0.25, -0.2) is 4.98 Å². The molecule has 222 valence electrons. The first kappa shape index (κ1) is 35.4. The molecule has 41 heavy (non-hydrogen) atoms. The molecule has 0 aliphatic rings. The third-order valence-corrected chi connectivity index (χ3v) is 6.49. The highest BCUT2D eigenvalue weighted by Gasteiger charge is 2.24. The largest absolute Gasteiger partial charge is 0.384 e. The number of nitrogens with zero attached hydrogens (tertiary/aromatic N) is 1. The van der Waals surface area contributed by atoms with Crippen molar-refractivity contribution < 1.29 is 14.4 Å². The molecule has 3 rings (SSSR count). The Morgan fingerprint density at radius 2 is 1.56 bits per heavy atom. The summed E-state index contributed by atoms with van der Waals surface area (Å²) in [5.41, 5.74) is 10.1. The number of pyridine rings is 1. The Balaban J connectivity index is 0.00000420. The molecule has 3 aromatic rings. The number of rotatable bonds is 12. The van der Waals surface area contributed by atoms with Gasteiger partial charge in [-0.2, -0.15) is 0 Å². The predicted octanol–water partition coefficient (Wildman–Crippen LogP) is 4.25. The van der Waals surface area contributed by atoms with E-state index in [9.17, 15) is 14.4 Å². The SMILES string of the molecule is CC(=O)Nc1ccc(C(C)NC(CCc2ccccc2)C(=O)NC(C)C(=O)NCc2ccc(N)nc2C)cc1.Cl.Cl. The Morgan fingerprint density at radius 3 is 2.17 bits per heavy atom. The second-order valence-electron chi connectivity index (χ2n) is 9.70. The van der Waals surface area contributed by atoms with Crippen LogP contribution in [0.2, 0.25) is 0 Å². The van der Waals surface area contributed by atoms with Gasteiger partial charge in [0, 0.05) is 30.9 Å². The van der Waals surface area contributed by atoms with Crippen LogP contribution in [0, 0.1) is 6.92 Å². The molecule has 0 radical (unpaired) electrons. The standard InChI is InChI=1S/C30H38N6O3.2ClH/c1-19(24-11-14-26(15-12-24)36-22(4)37)33-27(16-10-23-8-6-5-7-9-23)30(39)35-21(3)29(38)32-18-25-13-17-28(31)34-20(25)2;;/h5-9,11-15,17,19,21,27,33H,10,16,18H2,1-4H3,(H2,31,34)(H,32,38)(H,35,39)(H,36,37);2*1H. The molecule has 0 saturated carbocycles. The van der Waals surface area contributed by atoms with Crippen molar-refractivity contribution in [2.75, 3.05) is 11.1 Å². The highest BCUT2D eigenvalue weighted by molar-refractivity contribution is 5.90. The molecule has 0 bridgehead atoms. The molecule has 9 nitrogen and oxygen atoms in total. The lowest BCUT2D eigenvalue weighted by Gasteiger charge is -2.25. The Morgan fingerprint density at radius 1 is 0.902 bits per heavy atom. The van der Waals surface area contributed by atoms with Crippen LogP contribution in [-0.2, 0) is 27.3 Å². The second kappa shape index (κ2) is 17.2. The number of anilines is 2. The zero-order valence-corrected chi connectivity index (χ0v) is 25.4. The molecule has 3 atom stereocenters. The van der Waals surface area contributed by atoms with E-state index in [4.69, 9.17) is 5.73 Å². The number of aryl methyl sites for hydroxylation is 2. The summed E-state index contributed by atoms with van der Waals surface area (Å²) in [6.45, 7) is 7.24. The maximum absolute atomic E-state index is 13.4. The maximum atomic E-state index is 13.4. The molecule has 3 amide bonds. The number of carbonyl (C=O) groups excluding carboxylic acids is 3. The van der Waals surface area contributed by atoms with E-state index < -0.39 is 12.1 Å². The van der Waals surface area contributed by atoms with Gasteiger partial charge in [-0.3, -0.25) is 19.7 Å². The number of nitrogens with one attached hydrogen (secondary N) is 4. The molecular formula is C30H40Cl2N6O3. The summed E-state index contributed by atoms with van der Waals surface area (Å²) < 4.78 is 0. The fourth-order valence-corrected chi connectivity index (χ4v) is 4.21. The smallest absolute Gasteiger partial charge is 0.242 e. The van der Waals surface area contributed by atoms with Gasteiger partial charge >= 0.3 is 0 Å². The lowest BCUT2D eigenvalue weighted by Crippen LogP contribution is -2.52. The summed E-state index contributed by atoms with van der Waals surface area (Å²) in [7, 11) is 0. The number of nitrogen functional groups attached to an aromatic ring is 1. The van der Waals surface area contributed by atoms with E-state index in [1.165, 1.54) is 6.92 Å². The number of amides is 3. The highest BCUT2D eigenvalue weighted by atomic mass is 35.5. The van der Waals surface area contributed by atoms with Crippen molar-refractivity contribution in [1.29, 1.82) is 0 Å². The van der Waals surface area contributed by atoms with Crippen LogP contribution in [0.25, 0.3) is 0 Å². The van der Waals surface area contributed by atoms with Crippen molar-refractivity contribution >= 4 is 54.0 Å². The van der Waals surface area contributed by atoms with Crippen LogP contribution in [0.3, 0.4) is 0 Å². The predicted molar refractivity (Wildman–Crippen MR) is 168 cm³/mol. The lowest BCUT2D eigenvalue weighted by atomic mass is 10.0. The van der Waals surface area contributed by atoms with Crippen LogP contribution in [0.1, 0.15) is 55.6 Å². The van der Waals surface area contributed by atoms with Gasteiger partial charge in [-0.1, -0.05) is 48.5 Å². The van der Waals surface area contributed by atoms with Crippen molar-refractivity contribution in [3.63, 3.8) is 0 Å². The van der Waals surface area contributed by atoms with Gasteiger partial charge in [-0.15, -0.1) is 24.8 Å². The van der Waals surface area contributed by atoms with E-state index in [0.717, 1.165) is 22.4 Å². The third kappa shape index (κ3) is 11.4. The van der Waals surface area contributed by atoms with Gasteiger partial charge < -0.3 is 21.7 Å². The maximum Gasteiger partial charge on any atom is 0.242 e. The summed E-state index contributed by atoms with van der Waals surface area (Å²) in [6, 6.07) is 19.6. The Kier molecular flexibility index (Phi) is 14.9. The van der Waals surface area contributed by atoms with Crippen molar-refractivity contribution in [3.05, 3.63) is 89.1 Å². The summed E-state index contributed by atoms with van der Waals surface area (Å²) in [5.74, 6) is -0.247. The van der Waals surface area contributed by atoms with Crippen molar-refractivity contribution in [3.8, 4) is 0 Å². The van der Waals surface area contributed by atoms with Crippen molar-refractivity contribution in [1.82, 2.24) is 20.9 Å². The Hall–Kier alpha value is -3.66. The normalized spacial score (nSPS) is 12.5. The van der Waals surface area contributed by atoms with Gasteiger partial charge in [-0.05, 0) is 68.5 Å². The van der Waals surface area contributed by atoms with Gasteiger partial charge in [0.2, 0.25) is 17.7 Å². The summed E-state index contributed by atoms with van der Waals surface area (Å²) >= 11 is 0. The molecule has 3 unspecified atom stereocenters. The zero-order chi connectivity index (χ0) is 28.4. The van der Waals surface area contributed by atoms with Gasteiger partial charge in [0.15, 0.2) is 0 Å². The Bertz CT molecular complexity index is 1270. The van der Waals surface area contributed by atoms with Gasteiger partial charge in [0.25, 0.3) is 0 Å². The molecule has 0 saturated heterocycles. The second-order valence-corrected chi connectivity index (χ2v) is 9.70. The van der Waals surface area contributed by atoms with Crippen LogP contribution >= 0.6 is 24.8 Å². The quantitative estimate of drug-likeness (QED) is 0.210. The zero-order valence-electron chi connectivity index (χ0n) is 23.8. The average Bonchev–Trinajstić information content (AvgIpc) is 2.90. The summed E-state index contributed by atoms with van der Waals surface area (Å²) in [6.07, 6.45) is 1.25. The van der Waals surface area contributed by atoms with Crippen molar-refractivity contribution in [2.24, 2.45) is 0 Å². The molecule has 1 heterocycles. The lowest BCUT2D eigenvalue weighted by molar-refractivity contribution is -0.129. The minimum atomic E-state index is -0.729. The summed E-state index contributed by atoms with van der Waals surface area (Å²) in [4.78, 5) is 41.7. The minimum absolute atomic E-state index is 0. The highest BCUT2D eigenvalue weighted by Crippen LogP contribution is 2.18. The molecule has 0 spiro atoms. The molecule has 0 aliphatic carbocycles. The van der Waals surface area contributed by atoms with E-state index in [1.807, 2.05) is 74.5 Å². The molecule has 1 aromatic heterocycles. The van der Waals surface area contributed by atoms with Crippen LogP contribution in [0.5, 0.6) is 0 Å². The first-order valence-electron chi connectivity index (χ1n) is 13.1. The van der Waals surface area contributed by atoms with E-state index >= 15 is 0 Å². The number of benzene rings is 2. The van der Waals surface area contributed by atoms with E-state index in [-0.39, 0.29) is 48.6 Å². The molecule has 6 N–H and O–H groups in total. The molecular weight excluding hydrogens is 563 g/mol. The molecule has 0 aliphatic heterocycles. The average molecular weight is 604 g/mol. The van der Waals surface area contributed by atoms with Gasteiger partial charge in [0.1, 0.15) is 11.9 Å². The third-order valence-electron chi connectivity index (χ3n) is 6.49. The van der Waals surface area contributed by atoms with Crippen LogP contribution < -0.4 is 27.0 Å². The molecule has 0 fully saturated rings. The summed E-state index contributed by atoms with van der Waals surface area (Å²) in [5, 5.41) is 11.9. The van der Waals surface area contributed by atoms with Crippen LogP contribution in [-0.4, -0.2) is 34.8 Å². The van der Waals surface area contributed by atoms with Crippen LogP contribution in [0.4, 0.5) is 11.5 Å². The number of carbonyl (C=O) groups is 3. The minimum Gasteiger partial charge on any atom is -0.384 e. The van der Waals surface area contributed by atoms with Crippen LogP contribution in [0.15, 0.2) is 66.7 Å². The van der Waals surface area contributed by atoms with E-state index in [1.54, 1.807) is 13.0 Å². The molecule has 11 heteroatoms. The monoisotopic (exact) mass is 602 g/mol. The fourth-order valence-electron chi connectivity index (χ4n) is 4.21. The first-order chi connectivity index (χ1) is 18.6. The molecule has 2 aromatic carbocycles. The number of halogens is 2. The first-order valence-corrected chi connectivity index (χ1v) is 13.1. The van der Waals surface area contributed by atoms with E-state index in [0.29, 0.717) is 30.9 Å². The van der Waals surface area contributed by atoms with Gasteiger partial charge in [0.05, 0.1) is 6.04 Å². The fraction of sp³-hybridized carbons (Fsp3) is 0.333. The Labute approximate surface area is 254 Å². The number of hydrogen-bond acceptors (Lipinski definition) is 6. The van der Waals surface area contributed by atoms with Crippen molar-refractivity contribution in [2.45, 2.75) is 65.2 Å². The topological polar surface area (TPSA) is 138 Å². The van der Waals surface area contributed by atoms with E-state index in [2.05, 4.69) is 26.3 Å². The number of nitrogens with two attached hydrogens (primary N) is 1. The number of aromatic nitrogens is 1. The number of hydrogen-bond donors (Lipinski definition) is 5.